The first-order valence-corrected chi connectivity index (χ1v) is 4.63. The van der Waals surface area contributed by atoms with Gasteiger partial charge in [-0.2, -0.15) is 0 Å². The normalized spacial score (nSPS) is 23.1. The zero-order chi connectivity index (χ0) is 7.52. The molecule has 0 saturated heterocycles. The van der Waals surface area contributed by atoms with Gasteiger partial charge in [-0.05, 0) is 17.9 Å². The summed E-state index contributed by atoms with van der Waals surface area (Å²) in [7, 11) is 0. The van der Waals surface area contributed by atoms with Gasteiger partial charge >= 0.3 is 0 Å². The van der Waals surface area contributed by atoms with Gasteiger partial charge in [0.1, 0.15) is 0 Å². The maximum Gasteiger partial charge on any atom is 0.0285 e. The Hall–Kier alpha value is -0.700. The lowest BCUT2D eigenvalue weighted by Crippen LogP contribution is -1.93. The highest BCUT2D eigenvalue weighted by Gasteiger charge is 2.16. The highest BCUT2D eigenvalue weighted by molar-refractivity contribution is 5.35. The van der Waals surface area contributed by atoms with Crippen LogP contribution in [0.15, 0.2) is 11.6 Å². The minimum absolute atomic E-state index is 0.966. The minimum Gasteiger partial charge on any atom is -0.0940 e. The van der Waals surface area contributed by atoms with Crippen LogP contribution in [0.4, 0.5) is 0 Å². The third-order valence-corrected chi connectivity index (χ3v) is 2.68. The first-order chi connectivity index (χ1) is 5.45. The van der Waals surface area contributed by atoms with Crippen molar-refractivity contribution >= 4 is 0 Å². The van der Waals surface area contributed by atoms with Gasteiger partial charge in [-0.3, -0.25) is 0 Å². The second-order valence-electron chi connectivity index (χ2n) is 3.59. The average molecular weight is 146 g/mol. The highest BCUT2D eigenvalue weighted by Crippen LogP contribution is 2.30. The number of hydrogen-bond acceptors (Lipinski definition) is 0. The fourth-order valence-electron chi connectivity index (χ4n) is 2.05. The fraction of sp³-hybridized carbons (Fsp3) is 0.636. The van der Waals surface area contributed by atoms with Crippen LogP contribution in [0, 0.1) is 17.8 Å². The smallest absolute Gasteiger partial charge is 0.0285 e. The van der Waals surface area contributed by atoms with Crippen molar-refractivity contribution in [2.24, 2.45) is 5.92 Å². The molecule has 0 heteroatoms. The molecule has 1 saturated carbocycles. The molecule has 0 unspecified atom stereocenters. The van der Waals surface area contributed by atoms with Gasteiger partial charge in [0.15, 0.2) is 0 Å². The van der Waals surface area contributed by atoms with Crippen LogP contribution in [0.2, 0.25) is 0 Å². The zero-order valence-electron chi connectivity index (χ0n) is 6.90. The first kappa shape index (κ1) is 6.98. The van der Waals surface area contributed by atoms with E-state index in [1.165, 1.54) is 37.7 Å². The Morgan fingerprint density at radius 1 is 1.36 bits per heavy atom. The van der Waals surface area contributed by atoms with Crippen LogP contribution in [-0.4, -0.2) is 0 Å². The largest absolute Gasteiger partial charge is 0.0940 e. The van der Waals surface area contributed by atoms with Gasteiger partial charge in [0, 0.05) is 6.42 Å². The van der Waals surface area contributed by atoms with Crippen LogP contribution in [0.3, 0.4) is 0 Å². The molecule has 11 heavy (non-hydrogen) atoms. The summed E-state index contributed by atoms with van der Waals surface area (Å²) in [6, 6.07) is 0. The monoisotopic (exact) mass is 146 g/mol. The lowest BCUT2D eigenvalue weighted by molar-refractivity contribution is 0.550. The van der Waals surface area contributed by atoms with Crippen molar-refractivity contribution in [3.8, 4) is 11.8 Å². The van der Waals surface area contributed by atoms with Crippen molar-refractivity contribution in [1.82, 2.24) is 0 Å². The first-order valence-electron chi connectivity index (χ1n) is 4.63. The third-order valence-electron chi connectivity index (χ3n) is 2.68. The van der Waals surface area contributed by atoms with Crippen LogP contribution < -0.4 is 0 Å². The van der Waals surface area contributed by atoms with Gasteiger partial charge in [-0.25, -0.2) is 0 Å². The van der Waals surface area contributed by atoms with Crippen molar-refractivity contribution in [3.63, 3.8) is 0 Å². The zero-order valence-corrected chi connectivity index (χ0v) is 6.90. The number of hydrogen-bond donors (Lipinski definition) is 0. The maximum absolute atomic E-state index is 3.19. The Morgan fingerprint density at radius 2 is 2.18 bits per heavy atom. The second kappa shape index (κ2) is 3.13. The molecule has 0 aromatic heterocycles. The van der Waals surface area contributed by atoms with Gasteiger partial charge in [0.25, 0.3) is 0 Å². The van der Waals surface area contributed by atoms with Gasteiger partial charge in [0.2, 0.25) is 0 Å². The Bertz CT molecular complexity index is 218. The van der Waals surface area contributed by atoms with Crippen LogP contribution in [0.1, 0.15) is 38.5 Å². The summed E-state index contributed by atoms with van der Waals surface area (Å²) >= 11 is 0. The molecule has 0 aromatic rings. The van der Waals surface area contributed by atoms with E-state index in [4.69, 9.17) is 0 Å². The van der Waals surface area contributed by atoms with Crippen LogP contribution in [-0.2, 0) is 0 Å². The van der Waals surface area contributed by atoms with Gasteiger partial charge in [0.05, 0.1) is 0 Å². The second-order valence-corrected chi connectivity index (χ2v) is 3.59. The summed E-state index contributed by atoms with van der Waals surface area (Å²) in [5, 5.41) is 0. The number of rotatable bonds is 2. The van der Waals surface area contributed by atoms with E-state index in [2.05, 4.69) is 17.9 Å². The predicted molar refractivity (Wildman–Crippen MR) is 47.1 cm³/mol. The summed E-state index contributed by atoms with van der Waals surface area (Å²) in [4.78, 5) is 0. The molecule has 0 atom stereocenters. The molecule has 58 valence electrons. The lowest BCUT2D eigenvalue weighted by Gasteiger charge is -2.05. The Morgan fingerprint density at radius 3 is 2.82 bits per heavy atom. The van der Waals surface area contributed by atoms with Crippen molar-refractivity contribution in [2.75, 3.05) is 0 Å². The molecule has 2 rings (SSSR count). The molecule has 2 aliphatic carbocycles. The number of allylic oxidation sites excluding steroid dienone is 2. The Kier molecular flexibility index (Phi) is 1.99. The Labute approximate surface area is 68.7 Å². The summed E-state index contributed by atoms with van der Waals surface area (Å²) in [5.74, 6) is 7.26. The van der Waals surface area contributed by atoms with Gasteiger partial charge in [-0.15, -0.1) is 0 Å². The van der Waals surface area contributed by atoms with Crippen molar-refractivity contribution in [1.29, 1.82) is 0 Å². The minimum atomic E-state index is 0.966. The molecule has 0 spiro atoms. The molecule has 0 N–H and O–H groups in total. The van der Waals surface area contributed by atoms with E-state index >= 15 is 0 Å². The molecule has 0 aromatic carbocycles. The van der Waals surface area contributed by atoms with Gasteiger partial charge < -0.3 is 0 Å². The molecule has 0 heterocycles. The van der Waals surface area contributed by atoms with Crippen molar-refractivity contribution < 1.29 is 0 Å². The molecular formula is C11H14. The van der Waals surface area contributed by atoms with Gasteiger partial charge in [-0.1, -0.05) is 43.6 Å². The molecular weight excluding hydrogens is 132 g/mol. The highest BCUT2D eigenvalue weighted by atomic mass is 14.2. The van der Waals surface area contributed by atoms with E-state index in [0.717, 1.165) is 12.3 Å². The van der Waals surface area contributed by atoms with Crippen LogP contribution >= 0.6 is 0 Å². The van der Waals surface area contributed by atoms with Crippen LogP contribution in [0.5, 0.6) is 0 Å². The molecule has 0 radical (unpaired) electrons. The molecule has 0 aliphatic heterocycles. The summed E-state index contributed by atoms with van der Waals surface area (Å²) in [6.07, 6.45) is 10.3. The summed E-state index contributed by atoms with van der Waals surface area (Å²) in [5.41, 5.74) is 1.41. The molecule has 2 aliphatic rings. The van der Waals surface area contributed by atoms with E-state index < -0.39 is 0 Å². The third kappa shape index (κ3) is 1.66. The topological polar surface area (TPSA) is 0 Å². The van der Waals surface area contributed by atoms with Crippen molar-refractivity contribution in [3.05, 3.63) is 11.6 Å². The lowest BCUT2D eigenvalue weighted by atomic mass is 9.99. The standard InChI is InChI=1S/C11H14/c1-2-6-10(5-1)9-11-7-3-4-8-11/h7,10H,1-3,5-6,9H2. The average Bonchev–Trinajstić information content (AvgIpc) is 2.60. The van der Waals surface area contributed by atoms with E-state index in [-0.39, 0.29) is 0 Å². The molecule has 1 fully saturated rings. The SMILES string of the molecule is C1#CC(CC2CCCC2)=CC1. The van der Waals surface area contributed by atoms with Crippen LogP contribution in [0.25, 0.3) is 0 Å². The molecule has 0 nitrogen and oxygen atoms in total. The fourth-order valence-corrected chi connectivity index (χ4v) is 2.05. The summed E-state index contributed by atoms with van der Waals surface area (Å²) < 4.78 is 0. The summed E-state index contributed by atoms with van der Waals surface area (Å²) in [6.45, 7) is 0. The Balaban J connectivity index is 1.86. The molecule has 0 bridgehead atoms. The van der Waals surface area contributed by atoms with Crippen molar-refractivity contribution in [2.45, 2.75) is 38.5 Å². The molecule has 0 amide bonds. The van der Waals surface area contributed by atoms with E-state index in [1.54, 1.807) is 0 Å². The maximum atomic E-state index is 3.19. The van der Waals surface area contributed by atoms with E-state index in [0.29, 0.717) is 0 Å². The van der Waals surface area contributed by atoms with E-state index in [9.17, 15) is 0 Å². The predicted octanol–water partition coefficient (Wildman–Crippen LogP) is 2.90. The quantitative estimate of drug-likeness (QED) is 0.525. The van der Waals surface area contributed by atoms with E-state index in [1.807, 2.05) is 0 Å².